The van der Waals surface area contributed by atoms with Crippen LogP contribution in [0.5, 0.6) is 0 Å². The molecule has 0 fully saturated rings. The molecule has 1 aromatic heterocycles. The van der Waals surface area contributed by atoms with Crippen LogP contribution in [-0.2, 0) is 0 Å². The minimum absolute atomic E-state index is 0.0148. The fourth-order valence-corrected chi connectivity index (χ4v) is 2.73. The van der Waals surface area contributed by atoms with Gasteiger partial charge in [-0.3, -0.25) is 9.59 Å². The molecule has 1 unspecified atom stereocenters. The predicted molar refractivity (Wildman–Crippen MR) is 92.0 cm³/mol. The van der Waals surface area contributed by atoms with E-state index in [9.17, 15) is 9.59 Å². The van der Waals surface area contributed by atoms with Crippen molar-refractivity contribution in [1.82, 2.24) is 5.32 Å². The van der Waals surface area contributed by atoms with Crippen LogP contribution in [0.4, 0.5) is 5.69 Å². The lowest BCUT2D eigenvalue weighted by Crippen LogP contribution is -2.32. The van der Waals surface area contributed by atoms with Crippen molar-refractivity contribution in [2.24, 2.45) is 0 Å². The van der Waals surface area contributed by atoms with E-state index in [4.69, 9.17) is 5.11 Å². The number of aliphatic hydroxyl groups excluding tert-OH is 1. The molecule has 6 heteroatoms. The van der Waals surface area contributed by atoms with Gasteiger partial charge < -0.3 is 15.7 Å². The lowest BCUT2D eigenvalue weighted by atomic mass is 10.1. The SMILES string of the molecule is CC(CCCO)NC(=O)c1cccc(NC(=O)c2cccs2)c1. The molecule has 2 aromatic rings. The van der Waals surface area contributed by atoms with E-state index < -0.39 is 0 Å². The van der Waals surface area contributed by atoms with Gasteiger partial charge in [-0.2, -0.15) is 0 Å². The lowest BCUT2D eigenvalue weighted by molar-refractivity contribution is 0.0935. The molecule has 0 bridgehead atoms. The van der Waals surface area contributed by atoms with Crippen LogP contribution in [0.25, 0.3) is 0 Å². The van der Waals surface area contributed by atoms with Gasteiger partial charge in [0.15, 0.2) is 0 Å². The monoisotopic (exact) mass is 332 g/mol. The zero-order chi connectivity index (χ0) is 16.7. The molecule has 2 amide bonds. The average molecular weight is 332 g/mol. The zero-order valence-corrected chi connectivity index (χ0v) is 13.7. The Balaban J connectivity index is 1.99. The van der Waals surface area contributed by atoms with Crippen molar-refractivity contribution in [3.05, 3.63) is 52.2 Å². The lowest BCUT2D eigenvalue weighted by Gasteiger charge is -2.13. The van der Waals surface area contributed by atoms with Crippen LogP contribution < -0.4 is 10.6 Å². The summed E-state index contributed by atoms with van der Waals surface area (Å²) in [6.45, 7) is 2.01. The second kappa shape index (κ2) is 8.45. The van der Waals surface area contributed by atoms with E-state index in [1.165, 1.54) is 11.3 Å². The summed E-state index contributed by atoms with van der Waals surface area (Å²) in [4.78, 5) is 24.9. The maximum Gasteiger partial charge on any atom is 0.265 e. The first-order valence-corrected chi connectivity index (χ1v) is 8.34. The number of hydrogen-bond acceptors (Lipinski definition) is 4. The van der Waals surface area contributed by atoms with Crippen molar-refractivity contribution >= 4 is 28.8 Å². The number of amides is 2. The Labute approximate surface area is 139 Å². The Morgan fingerprint density at radius 3 is 2.74 bits per heavy atom. The molecule has 5 nitrogen and oxygen atoms in total. The number of nitrogens with one attached hydrogen (secondary N) is 2. The van der Waals surface area contributed by atoms with Gasteiger partial charge in [-0.05, 0) is 49.4 Å². The van der Waals surface area contributed by atoms with Gasteiger partial charge >= 0.3 is 0 Å². The number of rotatable bonds is 7. The van der Waals surface area contributed by atoms with Crippen LogP contribution in [0.3, 0.4) is 0 Å². The molecule has 3 N–H and O–H groups in total. The Bertz CT molecular complexity index is 656. The molecule has 0 saturated heterocycles. The molecule has 0 radical (unpaired) electrons. The molecule has 0 aliphatic carbocycles. The van der Waals surface area contributed by atoms with Gasteiger partial charge in [0, 0.05) is 23.9 Å². The minimum atomic E-state index is -0.192. The standard InChI is InChI=1S/C17H20N2O3S/c1-12(5-3-9-20)18-16(21)13-6-2-7-14(11-13)19-17(22)15-8-4-10-23-15/h2,4,6-8,10-12,20H,3,5,9H2,1H3,(H,18,21)(H,19,22). The summed E-state index contributed by atoms with van der Waals surface area (Å²) in [5.41, 5.74) is 1.07. The molecule has 0 aliphatic heterocycles. The number of anilines is 1. The molecular formula is C17H20N2O3S. The fraction of sp³-hybridized carbons (Fsp3) is 0.294. The highest BCUT2D eigenvalue weighted by atomic mass is 32.1. The normalized spacial score (nSPS) is 11.7. The molecule has 1 aromatic carbocycles. The van der Waals surface area contributed by atoms with Gasteiger partial charge in [0.05, 0.1) is 4.88 Å². The summed E-state index contributed by atoms with van der Waals surface area (Å²) in [5, 5.41) is 16.3. The number of thiophene rings is 1. The topological polar surface area (TPSA) is 78.4 Å². The number of aliphatic hydroxyl groups is 1. The van der Waals surface area contributed by atoms with Gasteiger partial charge in [-0.15, -0.1) is 11.3 Å². The molecule has 2 rings (SSSR count). The maximum atomic E-state index is 12.2. The maximum absolute atomic E-state index is 12.2. The first-order valence-electron chi connectivity index (χ1n) is 7.47. The Morgan fingerprint density at radius 1 is 1.22 bits per heavy atom. The van der Waals surface area contributed by atoms with E-state index in [0.29, 0.717) is 22.5 Å². The Hall–Kier alpha value is -2.18. The van der Waals surface area contributed by atoms with Crippen LogP contribution in [0.1, 0.15) is 39.8 Å². The summed E-state index contributed by atoms with van der Waals surface area (Å²) >= 11 is 1.37. The highest BCUT2D eigenvalue weighted by Gasteiger charge is 2.12. The highest BCUT2D eigenvalue weighted by Crippen LogP contribution is 2.15. The summed E-state index contributed by atoms with van der Waals surface area (Å²) in [6.07, 6.45) is 1.37. The van der Waals surface area contributed by atoms with E-state index in [1.54, 1.807) is 30.3 Å². The molecule has 0 saturated carbocycles. The predicted octanol–water partition coefficient (Wildman–Crippen LogP) is 2.89. The van der Waals surface area contributed by atoms with Gasteiger partial charge in [0.2, 0.25) is 0 Å². The van der Waals surface area contributed by atoms with Gasteiger partial charge in [0.25, 0.3) is 11.8 Å². The second-order valence-electron chi connectivity index (χ2n) is 5.25. The van der Waals surface area contributed by atoms with Crippen LogP contribution in [0.2, 0.25) is 0 Å². The van der Waals surface area contributed by atoms with E-state index >= 15 is 0 Å². The zero-order valence-electron chi connectivity index (χ0n) is 12.9. The molecular weight excluding hydrogens is 312 g/mol. The van der Waals surface area contributed by atoms with Crippen molar-refractivity contribution in [3.8, 4) is 0 Å². The Kier molecular flexibility index (Phi) is 6.31. The van der Waals surface area contributed by atoms with E-state index in [0.717, 1.165) is 6.42 Å². The molecule has 1 atom stereocenters. The van der Waals surface area contributed by atoms with Crippen molar-refractivity contribution in [2.75, 3.05) is 11.9 Å². The van der Waals surface area contributed by atoms with Gasteiger partial charge in [0.1, 0.15) is 0 Å². The summed E-state index contributed by atoms with van der Waals surface area (Å²) in [6, 6.07) is 10.4. The van der Waals surface area contributed by atoms with Crippen LogP contribution in [0, 0.1) is 0 Å². The fourth-order valence-electron chi connectivity index (χ4n) is 2.12. The summed E-state index contributed by atoms with van der Waals surface area (Å²) in [5.74, 6) is -0.378. The van der Waals surface area contributed by atoms with Gasteiger partial charge in [-0.25, -0.2) is 0 Å². The van der Waals surface area contributed by atoms with Crippen molar-refractivity contribution in [3.63, 3.8) is 0 Å². The molecule has 1 heterocycles. The third-order valence-electron chi connectivity index (χ3n) is 3.30. The number of benzene rings is 1. The highest BCUT2D eigenvalue weighted by molar-refractivity contribution is 7.12. The van der Waals surface area contributed by atoms with Crippen molar-refractivity contribution < 1.29 is 14.7 Å². The molecule has 122 valence electrons. The van der Waals surface area contributed by atoms with E-state index in [1.807, 2.05) is 18.4 Å². The molecule has 0 spiro atoms. The summed E-state index contributed by atoms with van der Waals surface area (Å²) in [7, 11) is 0. The number of carbonyl (C=O) groups excluding carboxylic acids is 2. The largest absolute Gasteiger partial charge is 0.396 e. The Morgan fingerprint density at radius 2 is 2.04 bits per heavy atom. The number of hydrogen-bond donors (Lipinski definition) is 3. The number of carbonyl (C=O) groups is 2. The third-order valence-corrected chi connectivity index (χ3v) is 4.17. The minimum Gasteiger partial charge on any atom is -0.396 e. The first-order chi connectivity index (χ1) is 11.1. The molecule has 23 heavy (non-hydrogen) atoms. The van der Waals surface area contributed by atoms with Crippen molar-refractivity contribution in [1.29, 1.82) is 0 Å². The van der Waals surface area contributed by atoms with Crippen molar-refractivity contribution in [2.45, 2.75) is 25.8 Å². The smallest absolute Gasteiger partial charge is 0.265 e. The van der Waals surface area contributed by atoms with E-state index in [-0.39, 0.29) is 24.5 Å². The van der Waals surface area contributed by atoms with Gasteiger partial charge in [-0.1, -0.05) is 12.1 Å². The first kappa shape index (κ1) is 17.2. The summed E-state index contributed by atoms with van der Waals surface area (Å²) < 4.78 is 0. The average Bonchev–Trinajstić information content (AvgIpc) is 3.07. The second-order valence-corrected chi connectivity index (χ2v) is 6.20. The van der Waals surface area contributed by atoms with E-state index in [2.05, 4.69) is 10.6 Å². The van der Waals surface area contributed by atoms with Crippen LogP contribution in [0.15, 0.2) is 41.8 Å². The van der Waals surface area contributed by atoms with Crippen LogP contribution in [-0.4, -0.2) is 29.6 Å². The van der Waals surface area contributed by atoms with Crippen LogP contribution >= 0.6 is 11.3 Å². The third kappa shape index (κ3) is 5.19. The molecule has 0 aliphatic rings. The quantitative estimate of drug-likeness (QED) is 0.729.